The fourth-order valence-electron chi connectivity index (χ4n) is 4.10. The molecule has 2 bridgehead atoms. The van der Waals surface area contributed by atoms with Crippen LogP contribution in [0.2, 0.25) is 0 Å². The van der Waals surface area contributed by atoms with Crippen molar-refractivity contribution in [1.82, 2.24) is 0 Å². The topological polar surface area (TPSA) is 18.5 Å². The minimum absolute atomic E-state index is 0.116. The smallest absolute Gasteiger partial charge is 0.0973 e. The summed E-state index contributed by atoms with van der Waals surface area (Å²) in [6, 6.07) is 2.21. The highest BCUT2D eigenvalue weighted by atomic mass is 79.9. The Morgan fingerprint density at radius 3 is 3.00 bits per heavy atom. The van der Waals surface area contributed by atoms with Crippen LogP contribution in [0.1, 0.15) is 43.6 Å². The van der Waals surface area contributed by atoms with E-state index in [2.05, 4.69) is 34.3 Å². The Hall–Kier alpha value is 0.1000. The molecule has 4 atom stereocenters. The fourth-order valence-corrected chi connectivity index (χ4v) is 5.66. The second-order valence-corrected chi connectivity index (χ2v) is 7.99. The monoisotopic (exact) mass is 328 g/mol. The van der Waals surface area contributed by atoms with E-state index in [-0.39, 0.29) is 17.3 Å². The number of hydrogen-bond acceptors (Lipinski definition) is 3. The summed E-state index contributed by atoms with van der Waals surface area (Å²) < 4.78 is 13.7. The van der Waals surface area contributed by atoms with Crippen LogP contribution in [0, 0.1) is 5.92 Å². The van der Waals surface area contributed by atoms with Crippen LogP contribution in [0.15, 0.2) is 15.9 Å². The van der Waals surface area contributed by atoms with Crippen LogP contribution in [-0.2, 0) is 9.47 Å². The number of thiophene rings is 1. The quantitative estimate of drug-likeness (QED) is 0.765. The molecule has 18 heavy (non-hydrogen) atoms. The molecule has 3 aliphatic rings. The van der Waals surface area contributed by atoms with Crippen LogP contribution in [-0.4, -0.2) is 17.8 Å². The van der Waals surface area contributed by atoms with Crippen molar-refractivity contribution in [3.8, 4) is 0 Å². The highest BCUT2D eigenvalue weighted by Gasteiger charge is 2.62. The molecule has 0 unspecified atom stereocenters. The van der Waals surface area contributed by atoms with Crippen LogP contribution >= 0.6 is 27.3 Å². The zero-order valence-corrected chi connectivity index (χ0v) is 12.9. The van der Waals surface area contributed by atoms with Crippen molar-refractivity contribution < 1.29 is 9.47 Å². The summed E-state index contributed by atoms with van der Waals surface area (Å²) >= 11 is 5.35. The van der Waals surface area contributed by atoms with Crippen molar-refractivity contribution in [1.29, 1.82) is 0 Å². The first-order valence-electron chi connectivity index (χ1n) is 6.66. The Morgan fingerprint density at radius 2 is 2.28 bits per heavy atom. The highest BCUT2D eigenvalue weighted by molar-refractivity contribution is 9.10. The highest BCUT2D eigenvalue weighted by Crippen LogP contribution is 2.61. The van der Waals surface area contributed by atoms with Gasteiger partial charge in [-0.3, -0.25) is 0 Å². The Labute approximate surface area is 120 Å². The van der Waals surface area contributed by atoms with E-state index in [9.17, 15) is 0 Å². The third-order valence-corrected chi connectivity index (χ3v) is 6.67. The van der Waals surface area contributed by atoms with Gasteiger partial charge in [0, 0.05) is 27.1 Å². The number of hydrogen-bond donors (Lipinski definition) is 0. The van der Waals surface area contributed by atoms with Gasteiger partial charge in [-0.2, -0.15) is 0 Å². The molecule has 3 aliphatic heterocycles. The van der Waals surface area contributed by atoms with E-state index in [1.807, 2.05) is 0 Å². The molecule has 98 valence electrons. The molecule has 0 N–H and O–H groups in total. The van der Waals surface area contributed by atoms with Crippen molar-refractivity contribution in [3.05, 3.63) is 20.8 Å². The first-order chi connectivity index (χ1) is 8.60. The standard InChI is InChI=1S/C14H17BrO2S/c1-13-2-3-14(17-13)4-5-16-12(10(14)7-13)11-6-9(15)8-18-11/h6,8,10,12H,2-5,7H2,1H3/t10-,12+,13+,14+/m1/s1. The van der Waals surface area contributed by atoms with Gasteiger partial charge in [-0.05, 0) is 48.2 Å². The normalized spacial score (nSPS) is 46.3. The zero-order valence-electron chi connectivity index (χ0n) is 10.4. The van der Waals surface area contributed by atoms with Gasteiger partial charge in [0.2, 0.25) is 0 Å². The van der Waals surface area contributed by atoms with Crippen molar-refractivity contribution in [2.24, 2.45) is 5.92 Å². The summed E-state index contributed by atoms with van der Waals surface area (Å²) in [7, 11) is 0. The maximum atomic E-state index is 6.42. The maximum absolute atomic E-state index is 6.42. The second-order valence-electron chi connectivity index (χ2n) is 6.14. The molecule has 2 nitrogen and oxygen atoms in total. The first kappa shape index (κ1) is 11.9. The molecule has 3 fully saturated rings. The van der Waals surface area contributed by atoms with E-state index in [1.165, 1.54) is 22.2 Å². The zero-order chi connectivity index (χ0) is 12.4. The molecule has 1 spiro atoms. The van der Waals surface area contributed by atoms with Gasteiger partial charge in [0.15, 0.2) is 0 Å². The molecular weight excluding hydrogens is 312 g/mol. The molecule has 0 saturated carbocycles. The van der Waals surface area contributed by atoms with Crippen LogP contribution < -0.4 is 0 Å². The van der Waals surface area contributed by atoms with Crippen LogP contribution in [0.25, 0.3) is 0 Å². The van der Waals surface area contributed by atoms with Gasteiger partial charge in [0.05, 0.1) is 23.9 Å². The molecular formula is C14H17BrO2S. The molecule has 4 rings (SSSR count). The third kappa shape index (κ3) is 1.59. The lowest BCUT2D eigenvalue weighted by molar-refractivity contribution is -0.136. The summed E-state index contributed by atoms with van der Waals surface area (Å²) in [5, 5.41) is 2.15. The molecule has 0 aliphatic carbocycles. The number of halogens is 1. The molecule has 0 amide bonds. The van der Waals surface area contributed by atoms with Crippen molar-refractivity contribution >= 4 is 27.3 Å². The van der Waals surface area contributed by atoms with Crippen LogP contribution in [0.5, 0.6) is 0 Å². The first-order valence-corrected chi connectivity index (χ1v) is 8.33. The van der Waals surface area contributed by atoms with Gasteiger partial charge in [-0.1, -0.05) is 0 Å². The number of ether oxygens (including phenoxy) is 2. The third-order valence-electron chi connectivity index (χ3n) is 4.91. The number of rotatable bonds is 1. The Morgan fingerprint density at radius 1 is 1.39 bits per heavy atom. The largest absolute Gasteiger partial charge is 0.372 e. The molecule has 1 aromatic rings. The lowest BCUT2D eigenvalue weighted by Gasteiger charge is -2.42. The Kier molecular flexibility index (Phi) is 2.52. The predicted octanol–water partition coefficient (Wildman–Crippen LogP) is 4.30. The van der Waals surface area contributed by atoms with Gasteiger partial charge in [-0.25, -0.2) is 0 Å². The molecule has 1 aromatic heterocycles. The fraction of sp³-hybridized carbons (Fsp3) is 0.714. The van der Waals surface area contributed by atoms with Gasteiger partial charge >= 0.3 is 0 Å². The predicted molar refractivity (Wildman–Crippen MR) is 74.9 cm³/mol. The van der Waals surface area contributed by atoms with E-state index in [4.69, 9.17) is 9.47 Å². The van der Waals surface area contributed by atoms with Gasteiger partial charge < -0.3 is 9.47 Å². The summed E-state index contributed by atoms with van der Waals surface area (Å²) in [5.74, 6) is 0.551. The van der Waals surface area contributed by atoms with E-state index in [1.54, 1.807) is 11.3 Å². The summed E-state index contributed by atoms with van der Waals surface area (Å²) in [6.45, 7) is 3.12. The summed E-state index contributed by atoms with van der Waals surface area (Å²) in [4.78, 5) is 1.35. The average Bonchev–Trinajstić information content (AvgIpc) is 2.97. The van der Waals surface area contributed by atoms with Crippen molar-refractivity contribution in [2.75, 3.05) is 6.61 Å². The SMILES string of the molecule is C[C@]12CC[C@@]3(CCO[C@H](c4cc(Br)cs4)[C@H]3C1)O2. The minimum Gasteiger partial charge on any atom is -0.372 e. The van der Waals surface area contributed by atoms with Crippen LogP contribution in [0.3, 0.4) is 0 Å². The van der Waals surface area contributed by atoms with E-state index < -0.39 is 0 Å². The lowest BCUT2D eigenvalue weighted by Crippen LogP contribution is -2.43. The summed E-state index contributed by atoms with van der Waals surface area (Å²) in [5.41, 5.74) is 0.235. The van der Waals surface area contributed by atoms with Gasteiger partial charge in [-0.15, -0.1) is 11.3 Å². The van der Waals surface area contributed by atoms with Crippen molar-refractivity contribution in [2.45, 2.75) is 49.9 Å². The molecule has 4 heterocycles. The molecule has 0 radical (unpaired) electrons. The minimum atomic E-state index is 0.116. The Balaban J connectivity index is 1.70. The van der Waals surface area contributed by atoms with Crippen LogP contribution in [0.4, 0.5) is 0 Å². The molecule has 4 heteroatoms. The maximum Gasteiger partial charge on any atom is 0.0973 e. The number of fused-ring (bicyclic) bond motifs is 1. The van der Waals surface area contributed by atoms with Gasteiger partial charge in [0.1, 0.15) is 0 Å². The van der Waals surface area contributed by atoms with Crippen molar-refractivity contribution in [3.63, 3.8) is 0 Å². The summed E-state index contributed by atoms with van der Waals surface area (Å²) in [6.07, 6.45) is 4.94. The average molecular weight is 329 g/mol. The van der Waals surface area contributed by atoms with E-state index in [0.717, 1.165) is 19.4 Å². The lowest BCUT2D eigenvalue weighted by atomic mass is 9.69. The van der Waals surface area contributed by atoms with Gasteiger partial charge in [0.25, 0.3) is 0 Å². The van der Waals surface area contributed by atoms with E-state index in [0.29, 0.717) is 5.92 Å². The van der Waals surface area contributed by atoms with E-state index >= 15 is 0 Å². The molecule has 3 saturated heterocycles. The second kappa shape index (κ2) is 3.81. The molecule has 0 aromatic carbocycles. The Bertz CT molecular complexity index is 484.